The van der Waals surface area contributed by atoms with Gasteiger partial charge in [-0.15, -0.1) is 0 Å². The van der Waals surface area contributed by atoms with Gasteiger partial charge in [0, 0.05) is 11.7 Å². The Labute approximate surface area is 59.9 Å². The van der Waals surface area contributed by atoms with Crippen LogP contribution in [0.2, 0.25) is 0 Å². The molecule has 0 fully saturated rings. The molecular formula is C9H8N. The number of hydrogen-bond acceptors (Lipinski definition) is 0. The van der Waals surface area contributed by atoms with Crippen molar-refractivity contribution >= 4 is 5.52 Å². The van der Waals surface area contributed by atoms with Crippen molar-refractivity contribution in [3.8, 4) is 0 Å². The molecular weight excluding hydrogens is 122 g/mol. The van der Waals surface area contributed by atoms with Gasteiger partial charge in [-0.2, -0.15) is 0 Å². The highest BCUT2D eigenvalue weighted by atomic mass is 14.8. The molecule has 2 heterocycles. The van der Waals surface area contributed by atoms with Crippen LogP contribution in [-0.2, 0) is 0 Å². The molecule has 49 valence electrons. The molecule has 2 aromatic heterocycles. The average Bonchev–Trinajstić information content (AvgIpc) is 2.34. The lowest BCUT2D eigenvalue weighted by Gasteiger charge is -1.91. The summed E-state index contributed by atoms with van der Waals surface area (Å²) in [5.41, 5.74) is 2.52. The van der Waals surface area contributed by atoms with Crippen molar-refractivity contribution < 1.29 is 0 Å². The molecule has 1 heteroatoms. The van der Waals surface area contributed by atoms with Crippen molar-refractivity contribution in [1.82, 2.24) is 4.40 Å². The van der Waals surface area contributed by atoms with E-state index in [9.17, 15) is 0 Å². The van der Waals surface area contributed by atoms with E-state index in [1.807, 2.05) is 28.8 Å². The molecule has 0 spiro atoms. The monoisotopic (exact) mass is 130 g/mol. The Kier molecular flexibility index (Phi) is 1.04. The van der Waals surface area contributed by atoms with Gasteiger partial charge in [-0.05, 0) is 30.7 Å². The van der Waals surface area contributed by atoms with Gasteiger partial charge < -0.3 is 4.40 Å². The topological polar surface area (TPSA) is 4.41 Å². The summed E-state index contributed by atoms with van der Waals surface area (Å²) in [6, 6.07) is 8.13. The van der Waals surface area contributed by atoms with Crippen LogP contribution in [0.1, 0.15) is 5.56 Å². The van der Waals surface area contributed by atoms with E-state index in [1.54, 1.807) is 0 Å². The minimum absolute atomic E-state index is 1.24. The largest absolute Gasteiger partial charge is 0.315 e. The standard InChI is InChI=1S/C9H8N/c1-8-5-7-10-6-3-2-4-9(8)10/h2-6H,1H3. The average molecular weight is 130 g/mol. The van der Waals surface area contributed by atoms with Crippen LogP contribution >= 0.6 is 0 Å². The summed E-state index contributed by atoms with van der Waals surface area (Å²) in [6.07, 6.45) is 5.11. The fourth-order valence-corrected chi connectivity index (χ4v) is 1.12. The van der Waals surface area contributed by atoms with E-state index in [0.29, 0.717) is 0 Å². The third kappa shape index (κ3) is 0.637. The van der Waals surface area contributed by atoms with E-state index in [-0.39, 0.29) is 0 Å². The Hall–Kier alpha value is -1.24. The van der Waals surface area contributed by atoms with E-state index < -0.39 is 0 Å². The molecule has 0 aromatic carbocycles. The van der Waals surface area contributed by atoms with Gasteiger partial charge in [0.25, 0.3) is 0 Å². The van der Waals surface area contributed by atoms with Gasteiger partial charge in [-0.25, -0.2) is 0 Å². The third-order valence-electron chi connectivity index (χ3n) is 1.68. The van der Waals surface area contributed by atoms with Crippen molar-refractivity contribution in [2.24, 2.45) is 0 Å². The summed E-state index contributed by atoms with van der Waals surface area (Å²) in [4.78, 5) is 0. The summed E-state index contributed by atoms with van der Waals surface area (Å²) in [6.45, 7) is 2.09. The lowest BCUT2D eigenvalue weighted by molar-refractivity contribution is 1.18. The summed E-state index contributed by atoms with van der Waals surface area (Å²) in [7, 11) is 0. The van der Waals surface area contributed by atoms with Gasteiger partial charge in [0.05, 0.1) is 6.20 Å². The molecule has 10 heavy (non-hydrogen) atoms. The second-order valence-electron chi connectivity index (χ2n) is 2.41. The second-order valence-corrected chi connectivity index (χ2v) is 2.41. The summed E-state index contributed by atoms with van der Waals surface area (Å²) >= 11 is 0. The highest BCUT2D eigenvalue weighted by molar-refractivity contribution is 5.54. The Morgan fingerprint density at radius 2 is 2.30 bits per heavy atom. The maximum atomic E-state index is 3.10. The first-order valence-electron chi connectivity index (χ1n) is 3.32. The maximum absolute atomic E-state index is 3.10. The second kappa shape index (κ2) is 1.87. The van der Waals surface area contributed by atoms with Crippen LogP contribution in [-0.4, -0.2) is 4.40 Å². The van der Waals surface area contributed by atoms with Crippen molar-refractivity contribution in [3.63, 3.8) is 0 Å². The van der Waals surface area contributed by atoms with Gasteiger partial charge in [-0.1, -0.05) is 6.07 Å². The summed E-state index contributed by atoms with van der Waals surface area (Å²) < 4.78 is 2.00. The molecule has 1 radical (unpaired) electrons. The minimum Gasteiger partial charge on any atom is -0.315 e. The van der Waals surface area contributed by atoms with Crippen LogP contribution in [0.4, 0.5) is 0 Å². The zero-order valence-electron chi connectivity index (χ0n) is 5.83. The molecule has 2 aromatic rings. The van der Waals surface area contributed by atoms with Crippen LogP contribution in [0, 0.1) is 13.1 Å². The van der Waals surface area contributed by atoms with Crippen LogP contribution in [0.5, 0.6) is 0 Å². The number of fused-ring (bicyclic) bond motifs is 1. The number of nitrogens with zero attached hydrogens (tertiary/aromatic N) is 1. The van der Waals surface area contributed by atoms with Crippen molar-refractivity contribution in [3.05, 3.63) is 42.2 Å². The molecule has 0 aliphatic heterocycles. The Morgan fingerprint density at radius 3 is 3.10 bits per heavy atom. The van der Waals surface area contributed by atoms with Gasteiger partial charge in [0.2, 0.25) is 0 Å². The van der Waals surface area contributed by atoms with Crippen molar-refractivity contribution in [2.75, 3.05) is 0 Å². The van der Waals surface area contributed by atoms with Crippen LogP contribution in [0.25, 0.3) is 5.52 Å². The number of hydrogen-bond donors (Lipinski definition) is 0. The first-order chi connectivity index (χ1) is 4.88. The summed E-state index contributed by atoms with van der Waals surface area (Å²) in [5.74, 6) is 0. The van der Waals surface area contributed by atoms with E-state index in [2.05, 4.69) is 19.2 Å². The summed E-state index contributed by atoms with van der Waals surface area (Å²) in [5, 5.41) is 0. The zero-order valence-corrected chi connectivity index (χ0v) is 5.83. The molecule has 0 bridgehead atoms. The van der Waals surface area contributed by atoms with Gasteiger partial charge in [-0.3, -0.25) is 0 Å². The highest BCUT2D eigenvalue weighted by Crippen LogP contribution is 2.08. The first kappa shape index (κ1) is 5.54. The molecule has 0 saturated heterocycles. The molecule has 0 saturated carbocycles. The molecule has 0 atom stereocenters. The molecule has 0 unspecified atom stereocenters. The normalized spacial score (nSPS) is 10.5. The third-order valence-corrected chi connectivity index (χ3v) is 1.68. The quantitative estimate of drug-likeness (QED) is 0.514. The van der Waals surface area contributed by atoms with Gasteiger partial charge in [0.1, 0.15) is 0 Å². The molecule has 0 aliphatic rings. The minimum atomic E-state index is 1.24. The fourth-order valence-electron chi connectivity index (χ4n) is 1.12. The van der Waals surface area contributed by atoms with E-state index in [4.69, 9.17) is 0 Å². The smallest absolute Gasteiger partial charge is 0.0700 e. The van der Waals surface area contributed by atoms with E-state index >= 15 is 0 Å². The molecule has 0 amide bonds. The number of pyridine rings is 1. The van der Waals surface area contributed by atoms with Crippen LogP contribution < -0.4 is 0 Å². The fraction of sp³-hybridized carbons (Fsp3) is 0.111. The number of aromatic nitrogens is 1. The lowest BCUT2D eigenvalue weighted by atomic mass is 10.3. The highest BCUT2D eigenvalue weighted by Gasteiger charge is 1.93. The molecule has 0 aliphatic carbocycles. The SMILES string of the molecule is Cc1c[c]n2ccccc12. The lowest BCUT2D eigenvalue weighted by Crippen LogP contribution is -1.78. The van der Waals surface area contributed by atoms with E-state index in [1.165, 1.54) is 11.1 Å². The molecule has 2 rings (SSSR count). The predicted octanol–water partition coefficient (Wildman–Crippen LogP) is 2.05. The first-order valence-corrected chi connectivity index (χ1v) is 3.32. The Balaban J connectivity index is 2.93. The Bertz CT molecular complexity index is 346. The number of aryl methyl sites for hydroxylation is 1. The van der Waals surface area contributed by atoms with Gasteiger partial charge >= 0.3 is 0 Å². The van der Waals surface area contributed by atoms with Crippen LogP contribution in [0.15, 0.2) is 30.5 Å². The number of rotatable bonds is 0. The van der Waals surface area contributed by atoms with Gasteiger partial charge in [0.15, 0.2) is 0 Å². The van der Waals surface area contributed by atoms with Crippen molar-refractivity contribution in [2.45, 2.75) is 6.92 Å². The Morgan fingerprint density at radius 1 is 1.40 bits per heavy atom. The molecule has 0 N–H and O–H groups in total. The molecule has 1 nitrogen and oxygen atoms in total. The predicted molar refractivity (Wildman–Crippen MR) is 41.0 cm³/mol. The van der Waals surface area contributed by atoms with Crippen molar-refractivity contribution in [1.29, 1.82) is 0 Å². The van der Waals surface area contributed by atoms with E-state index in [0.717, 1.165) is 0 Å². The van der Waals surface area contributed by atoms with Crippen LogP contribution in [0.3, 0.4) is 0 Å². The maximum Gasteiger partial charge on any atom is 0.0700 e. The zero-order chi connectivity index (χ0) is 6.97.